The van der Waals surface area contributed by atoms with Gasteiger partial charge in [0, 0.05) is 38.9 Å². The number of hydrogen-bond acceptors (Lipinski definition) is 4. The van der Waals surface area contributed by atoms with E-state index in [2.05, 4.69) is 15.1 Å². The van der Waals surface area contributed by atoms with Gasteiger partial charge < -0.3 is 9.64 Å². The summed E-state index contributed by atoms with van der Waals surface area (Å²) in [6.45, 7) is 7.87. The largest absolute Gasteiger partial charge is 0.379 e. The number of hydrogen-bond donors (Lipinski definition) is 1. The predicted octanol–water partition coefficient (Wildman–Crippen LogP) is 0.204. The number of morpholine rings is 1. The van der Waals surface area contributed by atoms with E-state index in [1.54, 1.807) is 12.4 Å². The van der Waals surface area contributed by atoms with Crippen molar-refractivity contribution in [3.8, 4) is 0 Å². The van der Waals surface area contributed by atoms with E-state index in [1.165, 1.54) is 0 Å². The van der Waals surface area contributed by atoms with Crippen molar-refractivity contribution in [1.29, 1.82) is 0 Å². The summed E-state index contributed by atoms with van der Waals surface area (Å²) in [4.78, 5) is 16.3. The fourth-order valence-electron chi connectivity index (χ4n) is 2.04. The van der Waals surface area contributed by atoms with Crippen molar-refractivity contribution >= 4 is 5.91 Å². The first-order chi connectivity index (χ1) is 8.81. The fourth-order valence-corrected chi connectivity index (χ4v) is 2.04. The van der Waals surface area contributed by atoms with Gasteiger partial charge in [0.1, 0.15) is 0 Å². The molecule has 2 rings (SSSR count). The molecule has 1 saturated heterocycles. The fraction of sp³-hybridized carbons (Fsp3) is 0.667. The molecule has 0 aromatic carbocycles. The van der Waals surface area contributed by atoms with Crippen LogP contribution in [0.5, 0.6) is 0 Å². The van der Waals surface area contributed by atoms with Crippen LogP contribution in [0, 0.1) is 0 Å². The first kappa shape index (κ1) is 13.0. The Balaban J connectivity index is 1.83. The molecule has 1 N–H and O–H groups in total. The van der Waals surface area contributed by atoms with Gasteiger partial charge in [-0.1, -0.05) is 0 Å². The third-order valence-corrected chi connectivity index (χ3v) is 3.20. The van der Waals surface area contributed by atoms with Crippen LogP contribution in [-0.2, 0) is 4.74 Å². The summed E-state index contributed by atoms with van der Waals surface area (Å²) >= 11 is 0. The topological polar surface area (TPSA) is 61.5 Å². The van der Waals surface area contributed by atoms with Gasteiger partial charge in [-0.3, -0.25) is 14.8 Å². The number of aromatic nitrogens is 2. The van der Waals surface area contributed by atoms with Gasteiger partial charge in [-0.15, -0.1) is 0 Å². The molecular weight excluding hydrogens is 232 g/mol. The molecule has 2 heterocycles. The average molecular weight is 252 g/mol. The molecule has 0 saturated carbocycles. The Morgan fingerprint density at radius 2 is 2.33 bits per heavy atom. The van der Waals surface area contributed by atoms with Crippen molar-refractivity contribution in [3.05, 3.63) is 18.0 Å². The zero-order valence-corrected chi connectivity index (χ0v) is 10.8. The van der Waals surface area contributed by atoms with Gasteiger partial charge in [-0.25, -0.2) is 0 Å². The SMILES string of the molecule is CCN(CCN1CCOCC1)C(=O)c1cn[nH]c1. The molecular formula is C12H20N4O2. The molecule has 18 heavy (non-hydrogen) atoms. The second-order valence-corrected chi connectivity index (χ2v) is 4.33. The summed E-state index contributed by atoms with van der Waals surface area (Å²) in [6.07, 6.45) is 3.21. The summed E-state index contributed by atoms with van der Waals surface area (Å²) in [5.41, 5.74) is 0.624. The quantitative estimate of drug-likeness (QED) is 0.813. The number of amides is 1. The minimum atomic E-state index is 0.0412. The van der Waals surface area contributed by atoms with E-state index in [4.69, 9.17) is 4.74 Å². The lowest BCUT2D eigenvalue weighted by Gasteiger charge is -2.29. The van der Waals surface area contributed by atoms with Crippen LogP contribution in [0.25, 0.3) is 0 Å². The monoisotopic (exact) mass is 252 g/mol. The highest BCUT2D eigenvalue weighted by Gasteiger charge is 2.17. The third-order valence-electron chi connectivity index (χ3n) is 3.20. The van der Waals surface area contributed by atoms with Crippen LogP contribution < -0.4 is 0 Å². The number of carbonyl (C=O) groups is 1. The van der Waals surface area contributed by atoms with E-state index < -0.39 is 0 Å². The highest BCUT2D eigenvalue weighted by Crippen LogP contribution is 2.03. The van der Waals surface area contributed by atoms with Crippen LogP contribution in [0.15, 0.2) is 12.4 Å². The van der Waals surface area contributed by atoms with E-state index in [1.807, 2.05) is 11.8 Å². The van der Waals surface area contributed by atoms with E-state index in [0.29, 0.717) is 12.1 Å². The van der Waals surface area contributed by atoms with Gasteiger partial charge in [0.2, 0.25) is 0 Å². The minimum absolute atomic E-state index is 0.0412. The lowest BCUT2D eigenvalue weighted by atomic mass is 10.3. The molecule has 0 aliphatic carbocycles. The Morgan fingerprint density at radius 3 is 2.94 bits per heavy atom. The molecule has 1 amide bonds. The van der Waals surface area contributed by atoms with Crippen molar-refractivity contribution in [2.24, 2.45) is 0 Å². The van der Waals surface area contributed by atoms with Gasteiger partial charge in [0.25, 0.3) is 5.91 Å². The van der Waals surface area contributed by atoms with Gasteiger partial charge in [0.15, 0.2) is 0 Å². The van der Waals surface area contributed by atoms with E-state index in [9.17, 15) is 4.79 Å². The first-order valence-electron chi connectivity index (χ1n) is 6.39. The Hall–Kier alpha value is -1.40. The summed E-state index contributed by atoms with van der Waals surface area (Å²) < 4.78 is 5.30. The molecule has 0 spiro atoms. The normalized spacial score (nSPS) is 16.7. The van der Waals surface area contributed by atoms with Crippen molar-refractivity contribution in [2.45, 2.75) is 6.92 Å². The molecule has 1 fully saturated rings. The summed E-state index contributed by atoms with van der Waals surface area (Å²) in [7, 11) is 0. The average Bonchev–Trinajstić information content (AvgIpc) is 2.94. The lowest BCUT2D eigenvalue weighted by molar-refractivity contribution is 0.0328. The Morgan fingerprint density at radius 1 is 1.56 bits per heavy atom. The molecule has 0 unspecified atom stereocenters. The Labute approximate surface area is 107 Å². The second-order valence-electron chi connectivity index (χ2n) is 4.33. The maximum atomic E-state index is 12.1. The second kappa shape index (κ2) is 6.51. The van der Waals surface area contributed by atoms with E-state index >= 15 is 0 Å². The highest BCUT2D eigenvalue weighted by atomic mass is 16.5. The van der Waals surface area contributed by atoms with Crippen LogP contribution in [0.1, 0.15) is 17.3 Å². The lowest BCUT2D eigenvalue weighted by Crippen LogP contribution is -2.43. The number of nitrogens with one attached hydrogen (secondary N) is 1. The zero-order chi connectivity index (χ0) is 12.8. The summed E-state index contributed by atoms with van der Waals surface area (Å²) in [6, 6.07) is 0. The molecule has 0 atom stereocenters. The van der Waals surface area contributed by atoms with E-state index in [0.717, 1.165) is 39.4 Å². The smallest absolute Gasteiger partial charge is 0.257 e. The number of H-pyrrole nitrogens is 1. The number of nitrogens with zero attached hydrogens (tertiary/aromatic N) is 3. The maximum Gasteiger partial charge on any atom is 0.257 e. The molecule has 1 aliphatic rings. The molecule has 100 valence electrons. The molecule has 0 radical (unpaired) electrons. The van der Waals surface area contributed by atoms with Crippen LogP contribution in [0.4, 0.5) is 0 Å². The minimum Gasteiger partial charge on any atom is -0.379 e. The molecule has 1 aromatic rings. The van der Waals surface area contributed by atoms with Crippen molar-refractivity contribution < 1.29 is 9.53 Å². The number of aromatic amines is 1. The first-order valence-corrected chi connectivity index (χ1v) is 6.39. The van der Waals surface area contributed by atoms with Crippen LogP contribution in [0.3, 0.4) is 0 Å². The summed E-state index contributed by atoms with van der Waals surface area (Å²) in [5, 5.41) is 6.48. The van der Waals surface area contributed by atoms with Gasteiger partial charge in [0.05, 0.1) is 25.0 Å². The standard InChI is InChI=1S/C12H20N4O2/c1-2-16(12(17)11-9-13-14-10-11)4-3-15-5-7-18-8-6-15/h9-10H,2-8H2,1H3,(H,13,14). The van der Waals surface area contributed by atoms with Gasteiger partial charge in [-0.05, 0) is 6.92 Å². The van der Waals surface area contributed by atoms with Crippen LogP contribution in [0.2, 0.25) is 0 Å². The van der Waals surface area contributed by atoms with Crippen LogP contribution in [-0.4, -0.2) is 71.8 Å². The number of carbonyl (C=O) groups excluding carboxylic acids is 1. The molecule has 6 nitrogen and oxygen atoms in total. The Kier molecular flexibility index (Phi) is 4.72. The molecule has 1 aromatic heterocycles. The predicted molar refractivity (Wildman–Crippen MR) is 67.4 cm³/mol. The number of ether oxygens (including phenoxy) is 1. The van der Waals surface area contributed by atoms with Crippen molar-refractivity contribution in [2.75, 3.05) is 45.9 Å². The summed E-state index contributed by atoms with van der Waals surface area (Å²) in [5.74, 6) is 0.0412. The van der Waals surface area contributed by atoms with Crippen molar-refractivity contribution in [3.63, 3.8) is 0 Å². The maximum absolute atomic E-state index is 12.1. The molecule has 1 aliphatic heterocycles. The van der Waals surface area contributed by atoms with E-state index in [-0.39, 0.29) is 5.91 Å². The number of likely N-dealkylation sites (N-methyl/N-ethyl adjacent to an activating group) is 1. The van der Waals surface area contributed by atoms with Crippen LogP contribution >= 0.6 is 0 Å². The van der Waals surface area contributed by atoms with Gasteiger partial charge in [-0.2, -0.15) is 5.10 Å². The highest BCUT2D eigenvalue weighted by molar-refractivity contribution is 5.93. The molecule has 0 bridgehead atoms. The Bertz CT molecular complexity index is 360. The van der Waals surface area contributed by atoms with Crippen molar-refractivity contribution in [1.82, 2.24) is 20.0 Å². The molecule has 6 heteroatoms. The zero-order valence-electron chi connectivity index (χ0n) is 10.8. The number of rotatable bonds is 5. The third kappa shape index (κ3) is 3.30. The van der Waals surface area contributed by atoms with Gasteiger partial charge >= 0.3 is 0 Å².